The lowest BCUT2D eigenvalue weighted by molar-refractivity contribution is -0.124. The van der Waals surface area contributed by atoms with Gasteiger partial charge in [0.25, 0.3) is 0 Å². The second-order valence-corrected chi connectivity index (χ2v) is 6.94. The van der Waals surface area contributed by atoms with Gasteiger partial charge in [0.05, 0.1) is 6.61 Å². The van der Waals surface area contributed by atoms with Crippen LogP contribution in [0.3, 0.4) is 0 Å². The number of rotatable bonds is 10. The van der Waals surface area contributed by atoms with Gasteiger partial charge in [-0.2, -0.15) is 0 Å². The molecule has 0 aliphatic carbocycles. The predicted molar refractivity (Wildman–Crippen MR) is 99.0 cm³/mol. The average molecular weight is 331 g/mol. The van der Waals surface area contributed by atoms with Gasteiger partial charge in [-0.05, 0) is 37.7 Å². The van der Waals surface area contributed by atoms with Crippen LogP contribution in [0.1, 0.15) is 64.4 Å². The van der Waals surface area contributed by atoms with Gasteiger partial charge in [-0.1, -0.05) is 50.6 Å². The summed E-state index contributed by atoms with van der Waals surface area (Å²) in [6.07, 6.45) is 7.32. The number of benzene rings is 1. The van der Waals surface area contributed by atoms with E-state index < -0.39 is 0 Å². The molecule has 1 aromatic carbocycles. The summed E-state index contributed by atoms with van der Waals surface area (Å²) in [4.78, 5) is 12.2. The van der Waals surface area contributed by atoms with Crippen LogP contribution >= 0.6 is 0 Å². The lowest BCUT2D eigenvalue weighted by atomic mass is 9.81. The fourth-order valence-electron chi connectivity index (χ4n) is 3.76. The van der Waals surface area contributed by atoms with Crippen LogP contribution in [0.5, 0.6) is 0 Å². The molecule has 0 bridgehead atoms. The first kappa shape index (κ1) is 19.1. The zero-order valence-corrected chi connectivity index (χ0v) is 15.3. The quantitative estimate of drug-likeness (QED) is 0.642. The number of hydrogen-bond donors (Lipinski definition) is 1. The zero-order chi connectivity index (χ0) is 17.2. The molecule has 1 aromatic rings. The van der Waals surface area contributed by atoms with Crippen molar-refractivity contribution in [3.63, 3.8) is 0 Å². The predicted octanol–water partition coefficient (Wildman–Crippen LogP) is 4.50. The second kappa shape index (κ2) is 10.6. The molecule has 3 nitrogen and oxygen atoms in total. The molecule has 1 fully saturated rings. The molecule has 0 spiro atoms. The Morgan fingerprint density at radius 2 is 1.96 bits per heavy atom. The van der Waals surface area contributed by atoms with Gasteiger partial charge in [-0.15, -0.1) is 0 Å². The molecule has 0 amide bonds. The fraction of sp³-hybridized carbons (Fsp3) is 0.667. The highest BCUT2D eigenvalue weighted by molar-refractivity contribution is 5.81. The van der Waals surface area contributed by atoms with E-state index in [0.29, 0.717) is 30.9 Å². The fourth-order valence-corrected chi connectivity index (χ4v) is 3.76. The summed E-state index contributed by atoms with van der Waals surface area (Å²) in [7, 11) is 0. The molecular formula is C21H33NO2. The summed E-state index contributed by atoms with van der Waals surface area (Å²) in [5.74, 6) is 0.630. The smallest absolute Gasteiger partial charge is 0.137 e. The number of Topliss-reactive ketones (excluding diaryl/α,β-unsaturated/α-hetero) is 1. The second-order valence-electron chi connectivity index (χ2n) is 6.94. The summed E-state index contributed by atoms with van der Waals surface area (Å²) in [5, 5.41) is 3.75. The molecule has 0 aromatic heterocycles. The van der Waals surface area contributed by atoms with Gasteiger partial charge in [0.1, 0.15) is 5.78 Å². The lowest BCUT2D eigenvalue weighted by Crippen LogP contribution is -2.50. The Bertz CT molecular complexity index is 474. The molecular weight excluding hydrogens is 298 g/mol. The summed E-state index contributed by atoms with van der Waals surface area (Å²) in [5.41, 5.74) is 1.22. The number of nitrogens with one attached hydrogen (secondary N) is 1. The van der Waals surface area contributed by atoms with Gasteiger partial charge in [0, 0.05) is 31.0 Å². The van der Waals surface area contributed by atoms with Crippen LogP contribution in [0.4, 0.5) is 0 Å². The number of ketones is 1. The van der Waals surface area contributed by atoms with Crippen LogP contribution in [-0.4, -0.2) is 24.5 Å². The first-order valence-corrected chi connectivity index (χ1v) is 9.65. The molecule has 2 rings (SSSR count). The van der Waals surface area contributed by atoms with E-state index in [0.717, 1.165) is 32.3 Å². The van der Waals surface area contributed by atoms with E-state index in [1.807, 2.05) is 25.1 Å². The third kappa shape index (κ3) is 6.03. The van der Waals surface area contributed by atoms with E-state index >= 15 is 0 Å². The van der Waals surface area contributed by atoms with Crippen molar-refractivity contribution in [1.29, 1.82) is 0 Å². The van der Waals surface area contributed by atoms with Crippen LogP contribution in [0.2, 0.25) is 0 Å². The summed E-state index contributed by atoms with van der Waals surface area (Å²) in [6, 6.07) is 11.2. The summed E-state index contributed by atoms with van der Waals surface area (Å²) < 4.78 is 5.79. The van der Waals surface area contributed by atoms with Crippen molar-refractivity contribution in [2.45, 2.75) is 77.5 Å². The molecule has 0 saturated carbocycles. The summed E-state index contributed by atoms with van der Waals surface area (Å²) >= 11 is 0. The van der Waals surface area contributed by atoms with Crippen molar-refractivity contribution in [1.82, 2.24) is 5.32 Å². The van der Waals surface area contributed by atoms with E-state index in [1.54, 1.807) is 0 Å². The number of piperidine rings is 1. The molecule has 1 aliphatic rings. The Morgan fingerprint density at radius 1 is 1.17 bits per heavy atom. The maximum absolute atomic E-state index is 12.2. The van der Waals surface area contributed by atoms with Crippen LogP contribution < -0.4 is 5.32 Å². The van der Waals surface area contributed by atoms with E-state index in [4.69, 9.17) is 4.74 Å². The van der Waals surface area contributed by atoms with Gasteiger partial charge in [0.15, 0.2) is 0 Å². The molecule has 0 radical (unpaired) electrons. The standard InChI is InChI=1S/C21H33NO2/c1-3-9-18-13-14-19(21(23)4-2)20(22-18)12-8-15-24-16-17-10-6-5-7-11-17/h5-7,10-11,18-20,22H,3-4,8-9,12-16H2,1-2H3/t18-,19+,20+/m1/s1. The minimum Gasteiger partial charge on any atom is -0.377 e. The highest BCUT2D eigenvalue weighted by atomic mass is 16.5. The third-order valence-electron chi connectivity index (χ3n) is 5.08. The van der Waals surface area contributed by atoms with Crippen molar-refractivity contribution >= 4 is 5.78 Å². The van der Waals surface area contributed by atoms with E-state index in [-0.39, 0.29) is 5.92 Å². The Labute approximate surface area is 147 Å². The summed E-state index contributed by atoms with van der Waals surface area (Å²) in [6.45, 7) is 5.66. The molecule has 0 unspecified atom stereocenters. The maximum atomic E-state index is 12.2. The monoisotopic (exact) mass is 331 g/mol. The van der Waals surface area contributed by atoms with Crippen LogP contribution in [0.15, 0.2) is 30.3 Å². The van der Waals surface area contributed by atoms with Crippen molar-refractivity contribution < 1.29 is 9.53 Å². The van der Waals surface area contributed by atoms with Gasteiger partial charge in [-0.25, -0.2) is 0 Å². The average Bonchev–Trinajstić information content (AvgIpc) is 2.62. The van der Waals surface area contributed by atoms with E-state index in [2.05, 4.69) is 24.4 Å². The number of carbonyl (C=O) groups excluding carboxylic acids is 1. The minimum absolute atomic E-state index is 0.206. The van der Waals surface area contributed by atoms with E-state index in [9.17, 15) is 4.79 Å². The zero-order valence-electron chi connectivity index (χ0n) is 15.3. The molecule has 24 heavy (non-hydrogen) atoms. The largest absolute Gasteiger partial charge is 0.377 e. The van der Waals surface area contributed by atoms with Gasteiger partial charge in [-0.3, -0.25) is 4.79 Å². The normalized spacial score (nSPS) is 24.0. The molecule has 1 heterocycles. The van der Waals surface area contributed by atoms with Gasteiger partial charge < -0.3 is 10.1 Å². The van der Waals surface area contributed by atoms with Gasteiger partial charge in [0.2, 0.25) is 0 Å². The first-order chi connectivity index (χ1) is 11.7. The number of hydrogen-bond acceptors (Lipinski definition) is 3. The molecule has 3 atom stereocenters. The Morgan fingerprint density at radius 3 is 2.67 bits per heavy atom. The SMILES string of the molecule is CCC[C@@H]1CC[C@H](C(=O)CC)[C@H](CCCOCc2ccccc2)N1. The van der Waals surface area contributed by atoms with Gasteiger partial charge >= 0.3 is 0 Å². The molecule has 3 heteroatoms. The molecule has 1 saturated heterocycles. The number of ether oxygens (including phenoxy) is 1. The highest BCUT2D eigenvalue weighted by Gasteiger charge is 2.32. The topological polar surface area (TPSA) is 38.3 Å². The first-order valence-electron chi connectivity index (χ1n) is 9.65. The number of carbonyl (C=O) groups is 1. The molecule has 134 valence electrons. The van der Waals surface area contributed by atoms with Crippen LogP contribution in [0, 0.1) is 5.92 Å². The van der Waals surface area contributed by atoms with Crippen molar-refractivity contribution in [3.8, 4) is 0 Å². The van der Waals surface area contributed by atoms with Crippen molar-refractivity contribution in [2.24, 2.45) is 5.92 Å². The van der Waals surface area contributed by atoms with Crippen LogP contribution in [-0.2, 0) is 16.1 Å². The lowest BCUT2D eigenvalue weighted by Gasteiger charge is -2.37. The molecule has 1 N–H and O–H groups in total. The highest BCUT2D eigenvalue weighted by Crippen LogP contribution is 2.26. The minimum atomic E-state index is 0.206. The van der Waals surface area contributed by atoms with Crippen molar-refractivity contribution in [2.75, 3.05) is 6.61 Å². The van der Waals surface area contributed by atoms with Crippen LogP contribution in [0.25, 0.3) is 0 Å². The Balaban J connectivity index is 1.74. The molecule has 1 aliphatic heterocycles. The third-order valence-corrected chi connectivity index (χ3v) is 5.08. The Kier molecular flexibility index (Phi) is 8.48. The Hall–Kier alpha value is -1.19. The van der Waals surface area contributed by atoms with E-state index in [1.165, 1.54) is 18.4 Å². The van der Waals surface area contributed by atoms with Crippen molar-refractivity contribution in [3.05, 3.63) is 35.9 Å². The maximum Gasteiger partial charge on any atom is 0.137 e.